The molecule has 4 nitrogen and oxygen atoms in total. The van der Waals surface area contributed by atoms with Crippen molar-refractivity contribution in [2.75, 3.05) is 25.6 Å². The molecule has 0 saturated heterocycles. The van der Waals surface area contributed by atoms with Gasteiger partial charge in [-0.05, 0) is 37.1 Å². The molecule has 1 aromatic rings. The van der Waals surface area contributed by atoms with Gasteiger partial charge < -0.3 is 15.4 Å². The third-order valence-corrected chi connectivity index (χ3v) is 2.72. The minimum atomic E-state index is 0.0377. The summed E-state index contributed by atoms with van der Waals surface area (Å²) in [7, 11) is 1.64. The zero-order chi connectivity index (χ0) is 13.9. The van der Waals surface area contributed by atoms with Crippen LogP contribution in [0.2, 0.25) is 0 Å². The van der Waals surface area contributed by atoms with Gasteiger partial charge in [-0.1, -0.05) is 19.1 Å². The SMILES string of the molecule is CCCNCc1cccc(NC(=O)CCCOC)c1. The smallest absolute Gasteiger partial charge is 0.224 e. The number of methoxy groups -OCH3 is 1. The van der Waals surface area contributed by atoms with Gasteiger partial charge in [0.05, 0.1) is 0 Å². The van der Waals surface area contributed by atoms with Gasteiger partial charge in [0.1, 0.15) is 0 Å². The van der Waals surface area contributed by atoms with E-state index in [-0.39, 0.29) is 5.91 Å². The van der Waals surface area contributed by atoms with Crippen LogP contribution in [0.5, 0.6) is 0 Å². The van der Waals surface area contributed by atoms with Crippen molar-refractivity contribution < 1.29 is 9.53 Å². The number of amides is 1. The molecule has 1 aromatic carbocycles. The zero-order valence-corrected chi connectivity index (χ0v) is 11.9. The molecule has 0 atom stereocenters. The highest BCUT2D eigenvalue weighted by Crippen LogP contribution is 2.11. The van der Waals surface area contributed by atoms with Crippen LogP contribution in [-0.2, 0) is 16.1 Å². The average Bonchev–Trinajstić information content (AvgIpc) is 2.40. The number of benzene rings is 1. The van der Waals surface area contributed by atoms with Crippen LogP contribution in [0, 0.1) is 0 Å². The number of nitrogens with one attached hydrogen (secondary N) is 2. The van der Waals surface area contributed by atoms with Crippen LogP contribution in [0.15, 0.2) is 24.3 Å². The first kappa shape index (κ1) is 15.7. The molecule has 0 saturated carbocycles. The number of ether oxygens (including phenoxy) is 1. The Morgan fingerprint density at radius 3 is 2.95 bits per heavy atom. The van der Waals surface area contributed by atoms with Crippen LogP contribution in [0.1, 0.15) is 31.7 Å². The lowest BCUT2D eigenvalue weighted by molar-refractivity contribution is -0.116. The van der Waals surface area contributed by atoms with Crippen LogP contribution in [0.25, 0.3) is 0 Å². The summed E-state index contributed by atoms with van der Waals surface area (Å²) in [4.78, 5) is 11.7. The Morgan fingerprint density at radius 2 is 2.21 bits per heavy atom. The molecule has 1 amide bonds. The van der Waals surface area contributed by atoms with Crippen molar-refractivity contribution in [2.24, 2.45) is 0 Å². The van der Waals surface area contributed by atoms with Gasteiger partial charge in [0.2, 0.25) is 5.91 Å². The molecule has 0 aromatic heterocycles. The van der Waals surface area contributed by atoms with Gasteiger partial charge >= 0.3 is 0 Å². The minimum Gasteiger partial charge on any atom is -0.385 e. The Kier molecular flexibility index (Phi) is 7.86. The maximum Gasteiger partial charge on any atom is 0.224 e. The van der Waals surface area contributed by atoms with E-state index >= 15 is 0 Å². The number of carbonyl (C=O) groups excluding carboxylic acids is 1. The van der Waals surface area contributed by atoms with Crippen LogP contribution in [0.3, 0.4) is 0 Å². The first-order valence-electron chi connectivity index (χ1n) is 6.84. The van der Waals surface area contributed by atoms with Gasteiger partial charge in [0, 0.05) is 32.4 Å². The van der Waals surface area contributed by atoms with Crippen molar-refractivity contribution >= 4 is 11.6 Å². The summed E-state index contributed by atoms with van der Waals surface area (Å²) in [6.45, 7) is 4.60. The lowest BCUT2D eigenvalue weighted by atomic mass is 10.2. The average molecular weight is 264 g/mol. The monoisotopic (exact) mass is 264 g/mol. The molecule has 0 spiro atoms. The fourth-order valence-corrected chi connectivity index (χ4v) is 1.77. The zero-order valence-electron chi connectivity index (χ0n) is 11.9. The van der Waals surface area contributed by atoms with Gasteiger partial charge in [0.15, 0.2) is 0 Å². The van der Waals surface area contributed by atoms with Crippen molar-refractivity contribution in [3.8, 4) is 0 Å². The van der Waals surface area contributed by atoms with Crippen LogP contribution < -0.4 is 10.6 Å². The van der Waals surface area contributed by atoms with E-state index in [1.165, 1.54) is 5.56 Å². The third kappa shape index (κ3) is 6.94. The first-order chi connectivity index (χ1) is 9.26. The maximum absolute atomic E-state index is 11.7. The molecule has 0 fully saturated rings. The molecule has 2 N–H and O–H groups in total. The predicted molar refractivity (Wildman–Crippen MR) is 78.2 cm³/mol. The second-order valence-electron chi connectivity index (χ2n) is 4.52. The molecular formula is C15H24N2O2. The third-order valence-electron chi connectivity index (χ3n) is 2.72. The quantitative estimate of drug-likeness (QED) is 0.674. The maximum atomic E-state index is 11.7. The standard InChI is InChI=1S/C15H24N2O2/c1-3-9-16-12-13-6-4-7-14(11-13)17-15(18)8-5-10-19-2/h4,6-7,11,16H,3,5,8-10,12H2,1-2H3,(H,17,18). The van der Waals surface area contributed by atoms with Gasteiger partial charge in [-0.25, -0.2) is 0 Å². The Morgan fingerprint density at radius 1 is 1.37 bits per heavy atom. The van der Waals surface area contributed by atoms with E-state index in [4.69, 9.17) is 4.74 Å². The van der Waals surface area contributed by atoms with Gasteiger partial charge in [-0.3, -0.25) is 4.79 Å². The number of rotatable bonds is 9. The van der Waals surface area contributed by atoms with E-state index in [0.717, 1.165) is 31.6 Å². The van der Waals surface area contributed by atoms with Crippen molar-refractivity contribution in [2.45, 2.75) is 32.7 Å². The largest absolute Gasteiger partial charge is 0.385 e. The van der Waals surface area contributed by atoms with Crippen molar-refractivity contribution in [1.82, 2.24) is 5.32 Å². The predicted octanol–water partition coefficient (Wildman–Crippen LogP) is 2.55. The van der Waals surface area contributed by atoms with Crippen LogP contribution in [-0.4, -0.2) is 26.2 Å². The van der Waals surface area contributed by atoms with E-state index in [0.29, 0.717) is 13.0 Å². The molecule has 0 unspecified atom stereocenters. The molecule has 0 aliphatic heterocycles. The topological polar surface area (TPSA) is 50.4 Å². The van der Waals surface area contributed by atoms with Gasteiger partial charge in [0.25, 0.3) is 0 Å². The van der Waals surface area contributed by atoms with Crippen LogP contribution >= 0.6 is 0 Å². The van der Waals surface area contributed by atoms with E-state index < -0.39 is 0 Å². The molecule has 0 aliphatic rings. The summed E-state index contributed by atoms with van der Waals surface area (Å²) in [6, 6.07) is 7.95. The normalized spacial score (nSPS) is 10.4. The van der Waals surface area contributed by atoms with Crippen molar-refractivity contribution in [3.63, 3.8) is 0 Å². The molecule has 0 aliphatic carbocycles. The Bertz CT molecular complexity index is 380. The summed E-state index contributed by atoms with van der Waals surface area (Å²) in [5.74, 6) is 0.0377. The summed E-state index contributed by atoms with van der Waals surface area (Å²) in [5.41, 5.74) is 2.04. The number of hydrogen-bond acceptors (Lipinski definition) is 3. The first-order valence-corrected chi connectivity index (χ1v) is 6.84. The van der Waals surface area contributed by atoms with Crippen molar-refractivity contribution in [1.29, 1.82) is 0 Å². The molecule has 19 heavy (non-hydrogen) atoms. The number of carbonyl (C=O) groups is 1. The fraction of sp³-hybridized carbons (Fsp3) is 0.533. The van der Waals surface area contributed by atoms with Crippen LogP contribution in [0.4, 0.5) is 5.69 Å². The van der Waals surface area contributed by atoms with Crippen molar-refractivity contribution in [3.05, 3.63) is 29.8 Å². The lowest BCUT2D eigenvalue weighted by Crippen LogP contribution is -2.15. The highest BCUT2D eigenvalue weighted by molar-refractivity contribution is 5.90. The molecular weight excluding hydrogens is 240 g/mol. The molecule has 0 heterocycles. The highest BCUT2D eigenvalue weighted by Gasteiger charge is 2.02. The second-order valence-corrected chi connectivity index (χ2v) is 4.52. The Hall–Kier alpha value is -1.39. The van der Waals surface area contributed by atoms with Gasteiger partial charge in [-0.15, -0.1) is 0 Å². The summed E-state index contributed by atoms with van der Waals surface area (Å²) >= 11 is 0. The fourth-order valence-electron chi connectivity index (χ4n) is 1.77. The molecule has 0 bridgehead atoms. The van der Waals surface area contributed by atoms with E-state index in [9.17, 15) is 4.79 Å². The lowest BCUT2D eigenvalue weighted by Gasteiger charge is -2.08. The summed E-state index contributed by atoms with van der Waals surface area (Å²) in [6.07, 6.45) is 2.36. The highest BCUT2D eigenvalue weighted by atomic mass is 16.5. The number of anilines is 1. The number of hydrogen-bond donors (Lipinski definition) is 2. The minimum absolute atomic E-state index is 0.0377. The molecule has 4 heteroatoms. The molecule has 106 valence electrons. The van der Waals surface area contributed by atoms with E-state index in [1.807, 2.05) is 18.2 Å². The Balaban J connectivity index is 2.40. The summed E-state index contributed by atoms with van der Waals surface area (Å²) < 4.78 is 4.93. The van der Waals surface area contributed by atoms with E-state index in [1.54, 1.807) is 7.11 Å². The second kappa shape index (κ2) is 9.53. The van der Waals surface area contributed by atoms with Gasteiger partial charge in [-0.2, -0.15) is 0 Å². The Labute approximate surface area is 115 Å². The van der Waals surface area contributed by atoms with E-state index in [2.05, 4.69) is 23.6 Å². The molecule has 1 rings (SSSR count). The summed E-state index contributed by atoms with van der Waals surface area (Å²) in [5, 5.41) is 6.25. The molecule has 0 radical (unpaired) electrons.